The van der Waals surface area contributed by atoms with Gasteiger partial charge in [-0.1, -0.05) is 24.3 Å². The minimum Gasteiger partial charge on any atom is -0.271 e. The van der Waals surface area contributed by atoms with Crippen LogP contribution in [0.25, 0.3) is 0 Å². The van der Waals surface area contributed by atoms with E-state index in [9.17, 15) is 4.39 Å². The second-order valence-corrected chi connectivity index (χ2v) is 6.13. The highest BCUT2D eigenvalue weighted by atomic mass is 127. The van der Waals surface area contributed by atoms with Crippen molar-refractivity contribution in [1.29, 1.82) is 0 Å². The van der Waals surface area contributed by atoms with E-state index in [1.165, 1.54) is 0 Å². The average molecular weight is 384 g/mol. The Balaban J connectivity index is 2.62. The summed E-state index contributed by atoms with van der Waals surface area (Å²) in [5, 5.41) is 0. The van der Waals surface area contributed by atoms with Crippen LogP contribution >= 0.6 is 22.6 Å². The first-order valence-corrected chi connectivity index (χ1v) is 7.51. The van der Waals surface area contributed by atoms with Crippen LogP contribution in [0.3, 0.4) is 0 Å². The molecule has 2 nitrogen and oxygen atoms in total. The molecule has 0 heterocycles. The molecule has 0 aliphatic carbocycles. The Morgan fingerprint density at radius 3 is 2.45 bits per heavy atom. The summed E-state index contributed by atoms with van der Waals surface area (Å²) >= 11 is 2.28. The Labute approximate surface area is 132 Å². The molecule has 0 aliphatic heterocycles. The first kappa shape index (κ1) is 15.4. The van der Waals surface area contributed by atoms with Gasteiger partial charge in [0, 0.05) is 9.13 Å². The molecule has 0 bridgehead atoms. The van der Waals surface area contributed by atoms with Gasteiger partial charge in [0.15, 0.2) is 0 Å². The molecule has 0 aliphatic rings. The molecular formula is C16H18FIN2. The van der Waals surface area contributed by atoms with E-state index in [1.807, 2.05) is 45.0 Å². The number of aryl methyl sites for hydroxylation is 3. The molecule has 2 aromatic rings. The topological polar surface area (TPSA) is 38.0 Å². The molecule has 1 unspecified atom stereocenters. The van der Waals surface area contributed by atoms with E-state index >= 15 is 0 Å². The van der Waals surface area contributed by atoms with Crippen LogP contribution in [-0.4, -0.2) is 0 Å². The van der Waals surface area contributed by atoms with Gasteiger partial charge in [0.2, 0.25) is 0 Å². The molecule has 0 aromatic heterocycles. The Bertz CT molecular complexity index is 617. The summed E-state index contributed by atoms with van der Waals surface area (Å²) in [7, 11) is 0. The minimum atomic E-state index is -0.345. The van der Waals surface area contributed by atoms with E-state index in [2.05, 4.69) is 28.0 Å². The van der Waals surface area contributed by atoms with Gasteiger partial charge in [0.05, 0.1) is 6.04 Å². The standard InChI is InChI=1S/C16H18FIN2/c1-9-7-11(3)14(13(17)8-9)16(20-19)12-6-4-5-10(2)15(12)18/h4-8,16,20H,19H2,1-3H3. The summed E-state index contributed by atoms with van der Waals surface area (Å²) in [4.78, 5) is 0. The molecular weight excluding hydrogens is 366 g/mol. The molecule has 106 valence electrons. The van der Waals surface area contributed by atoms with Crippen LogP contribution < -0.4 is 11.3 Å². The minimum absolute atomic E-state index is 0.220. The molecule has 2 aromatic carbocycles. The van der Waals surface area contributed by atoms with E-state index in [0.29, 0.717) is 5.56 Å². The third kappa shape index (κ3) is 2.87. The van der Waals surface area contributed by atoms with Crippen molar-refractivity contribution < 1.29 is 4.39 Å². The zero-order valence-electron chi connectivity index (χ0n) is 11.8. The number of benzene rings is 2. The van der Waals surface area contributed by atoms with E-state index in [1.54, 1.807) is 6.07 Å². The number of hydrogen-bond donors (Lipinski definition) is 2. The number of rotatable bonds is 3. The van der Waals surface area contributed by atoms with Gasteiger partial charge in [-0.25, -0.2) is 9.82 Å². The Kier molecular flexibility index (Phi) is 4.78. The lowest BCUT2D eigenvalue weighted by Gasteiger charge is -2.22. The molecule has 1 atom stereocenters. The second-order valence-electron chi connectivity index (χ2n) is 5.06. The fourth-order valence-electron chi connectivity index (χ4n) is 2.51. The van der Waals surface area contributed by atoms with E-state index < -0.39 is 0 Å². The van der Waals surface area contributed by atoms with E-state index in [4.69, 9.17) is 5.84 Å². The van der Waals surface area contributed by atoms with Crippen molar-refractivity contribution in [2.24, 2.45) is 5.84 Å². The maximum atomic E-state index is 14.4. The highest BCUT2D eigenvalue weighted by Crippen LogP contribution is 2.31. The van der Waals surface area contributed by atoms with Crippen molar-refractivity contribution in [2.75, 3.05) is 0 Å². The zero-order chi connectivity index (χ0) is 14.9. The van der Waals surface area contributed by atoms with Gasteiger partial charge in [0.1, 0.15) is 5.82 Å². The van der Waals surface area contributed by atoms with Crippen LogP contribution in [0.1, 0.15) is 33.9 Å². The number of halogens is 2. The fourth-order valence-corrected chi connectivity index (χ4v) is 3.19. The fraction of sp³-hybridized carbons (Fsp3) is 0.250. The monoisotopic (exact) mass is 384 g/mol. The molecule has 0 saturated carbocycles. The molecule has 4 heteroatoms. The number of hydrazine groups is 1. The quantitative estimate of drug-likeness (QED) is 0.479. The van der Waals surface area contributed by atoms with Crippen LogP contribution in [-0.2, 0) is 0 Å². The van der Waals surface area contributed by atoms with Crippen molar-refractivity contribution in [1.82, 2.24) is 5.43 Å². The summed E-state index contributed by atoms with van der Waals surface area (Å²) in [5.41, 5.74) is 7.35. The Hall–Kier alpha value is -0.980. The third-order valence-corrected chi connectivity index (χ3v) is 4.94. The lowest BCUT2D eigenvalue weighted by Crippen LogP contribution is -2.31. The molecule has 0 saturated heterocycles. The average Bonchev–Trinajstić information content (AvgIpc) is 2.37. The predicted molar refractivity (Wildman–Crippen MR) is 88.9 cm³/mol. The predicted octanol–water partition coefficient (Wildman–Crippen LogP) is 3.91. The molecule has 0 fully saturated rings. The Morgan fingerprint density at radius 1 is 1.15 bits per heavy atom. The van der Waals surface area contributed by atoms with Gasteiger partial charge >= 0.3 is 0 Å². The summed E-state index contributed by atoms with van der Waals surface area (Å²) in [6.45, 7) is 5.84. The maximum Gasteiger partial charge on any atom is 0.128 e. The van der Waals surface area contributed by atoms with E-state index in [-0.39, 0.29) is 11.9 Å². The molecule has 0 amide bonds. The summed E-state index contributed by atoms with van der Waals surface area (Å²) in [6, 6.07) is 9.18. The maximum absolute atomic E-state index is 14.4. The summed E-state index contributed by atoms with van der Waals surface area (Å²) in [5.74, 6) is 5.49. The smallest absolute Gasteiger partial charge is 0.128 e. The Morgan fingerprint density at radius 2 is 1.85 bits per heavy atom. The normalized spacial score (nSPS) is 12.5. The third-order valence-electron chi connectivity index (χ3n) is 3.47. The van der Waals surface area contributed by atoms with Crippen LogP contribution in [0.15, 0.2) is 30.3 Å². The lowest BCUT2D eigenvalue weighted by molar-refractivity contribution is 0.555. The molecule has 2 rings (SSSR count). The summed E-state index contributed by atoms with van der Waals surface area (Å²) in [6.07, 6.45) is 0. The van der Waals surface area contributed by atoms with Gasteiger partial charge in [-0.2, -0.15) is 0 Å². The number of hydrogen-bond acceptors (Lipinski definition) is 2. The van der Waals surface area contributed by atoms with Crippen molar-refractivity contribution in [3.05, 3.63) is 67.5 Å². The molecule has 3 N–H and O–H groups in total. The lowest BCUT2D eigenvalue weighted by atomic mass is 9.93. The first-order chi connectivity index (χ1) is 9.45. The van der Waals surface area contributed by atoms with Gasteiger partial charge in [-0.3, -0.25) is 5.84 Å². The largest absolute Gasteiger partial charge is 0.271 e. The molecule has 0 spiro atoms. The van der Waals surface area contributed by atoms with Crippen LogP contribution in [0, 0.1) is 30.2 Å². The first-order valence-electron chi connectivity index (χ1n) is 6.43. The highest BCUT2D eigenvalue weighted by Gasteiger charge is 2.21. The van der Waals surface area contributed by atoms with Crippen LogP contribution in [0.4, 0.5) is 4.39 Å². The van der Waals surface area contributed by atoms with Gasteiger partial charge in [0.25, 0.3) is 0 Å². The van der Waals surface area contributed by atoms with Crippen molar-refractivity contribution in [3.63, 3.8) is 0 Å². The SMILES string of the molecule is Cc1cc(C)c(C(NN)c2cccc(C)c2I)c(F)c1. The van der Waals surface area contributed by atoms with Crippen LogP contribution in [0.5, 0.6) is 0 Å². The van der Waals surface area contributed by atoms with Crippen LogP contribution in [0.2, 0.25) is 0 Å². The zero-order valence-corrected chi connectivity index (χ0v) is 14.0. The van der Waals surface area contributed by atoms with Gasteiger partial charge < -0.3 is 0 Å². The molecule has 20 heavy (non-hydrogen) atoms. The summed E-state index contributed by atoms with van der Waals surface area (Å²) < 4.78 is 15.5. The van der Waals surface area contributed by atoms with E-state index in [0.717, 1.165) is 25.8 Å². The highest BCUT2D eigenvalue weighted by molar-refractivity contribution is 14.1. The number of nitrogens with one attached hydrogen (secondary N) is 1. The number of nitrogens with two attached hydrogens (primary N) is 1. The van der Waals surface area contributed by atoms with Crippen molar-refractivity contribution in [2.45, 2.75) is 26.8 Å². The van der Waals surface area contributed by atoms with Gasteiger partial charge in [-0.15, -0.1) is 0 Å². The van der Waals surface area contributed by atoms with Gasteiger partial charge in [-0.05, 0) is 71.7 Å². The molecule has 0 radical (unpaired) electrons. The van der Waals surface area contributed by atoms with Crippen molar-refractivity contribution >= 4 is 22.6 Å². The second kappa shape index (κ2) is 6.20. The van der Waals surface area contributed by atoms with Crippen molar-refractivity contribution in [3.8, 4) is 0 Å².